The van der Waals surface area contributed by atoms with Crippen molar-refractivity contribution in [3.05, 3.63) is 89.9 Å². The van der Waals surface area contributed by atoms with E-state index < -0.39 is 5.91 Å². The molecule has 1 heterocycles. The number of ether oxygens (including phenoxy) is 2. The molecule has 0 bridgehead atoms. The Labute approximate surface area is 232 Å². The first-order valence-electron chi connectivity index (χ1n) is 10.4. The lowest BCUT2D eigenvalue weighted by Crippen LogP contribution is -2.16. The highest BCUT2D eigenvalue weighted by Gasteiger charge is 2.15. The summed E-state index contributed by atoms with van der Waals surface area (Å²) in [5.41, 5.74) is 4.75. The first-order chi connectivity index (χ1) is 16.8. The quantitative estimate of drug-likeness (QED) is 0.150. The average molecular weight is 686 g/mol. The third-order valence-corrected chi connectivity index (χ3v) is 6.79. The van der Waals surface area contributed by atoms with Crippen molar-refractivity contribution < 1.29 is 18.7 Å². The first-order valence-corrected chi connectivity index (χ1v) is 13.2. The van der Waals surface area contributed by atoms with Crippen LogP contribution in [-0.2, 0) is 6.61 Å². The van der Waals surface area contributed by atoms with E-state index in [1.807, 2.05) is 43.3 Å². The van der Waals surface area contributed by atoms with Gasteiger partial charge in [0.1, 0.15) is 12.2 Å². The molecule has 0 radical (unpaired) electrons. The van der Waals surface area contributed by atoms with Crippen molar-refractivity contribution in [2.45, 2.75) is 13.5 Å². The summed E-state index contributed by atoms with van der Waals surface area (Å²) < 4.78 is 19.7. The van der Waals surface area contributed by atoms with E-state index in [2.05, 4.69) is 58.3 Å². The van der Waals surface area contributed by atoms with E-state index in [0.29, 0.717) is 40.9 Å². The minimum atomic E-state index is -0.468. The molecule has 4 aromatic rings. The molecular formula is C25H18Br3ClN2O4. The first kappa shape index (κ1) is 25.8. The van der Waals surface area contributed by atoms with E-state index in [1.165, 1.54) is 6.21 Å². The molecule has 0 aliphatic heterocycles. The van der Waals surface area contributed by atoms with Gasteiger partial charge in [0.05, 0.1) is 17.3 Å². The zero-order valence-electron chi connectivity index (χ0n) is 18.3. The Morgan fingerprint density at radius 2 is 1.77 bits per heavy atom. The van der Waals surface area contributed by atoms with Crippen molar-refractivity contribution in [3.63, 3.8) is 0 Å². The number of benzene rings is 3. The number of furan rings is 1. The molecule has 0 unspecified atom stereocenters. The number of carbonyl (C=O) groups excluding carboxylic acids is 1. The number of carbonyl (C=O) groups is 1. The number of hydrogen-bond acceptors (Lipinski definition) is 5. The Hall–Kier alpha value is -2.33. The van der Waals surface area contributed by atoms with Gasteiger partial charge < -0.3 is 13.9 Å². The molecule has 6 nitrogen and oxygen atoms in total. The van der Waals surface area contributed by atoms with Crippen molar-refractivity contribution in [2.75, 3.05) is 6.61 Å². The SMILES string of the molecule is CCOc1cc(/C=N\NC(=O)c2cc3cc(Br)cc(Br)c3o2)c(Br)cc1OCc1ccc(Cl)cc1. The Kier molecular flexibility index (Phi) is 8.54. The number of hydrazone groups is 1. The highest BCUT2D eigenvalue weighted by atomic mass is 79.9. The molecule has 0 atom stereocenters. The lowest BCUT2D eigenvalue weighted by Gasteiger charge is -2.14. The van der Waals surface area contributed by atoms with Gasteiger partial charge in [-0.1, -0.05) is 39.7 Å². The number of rotatable bonds is 8. The molecule has 3 aromatic carbocycles. The molecule has 10 heteroatoms. The van der Waals surface area contributed by atoms with E-state index in [-0.39, 0.29) is 5.76 Å². The van der Waals surface area contributed by atoms with Gasteiger partial charge in [-0.2, -0.15) is 5.10 Å². The van der Waals surface area contributed by atoms with Crippen molar-refractivity contribution in [3.8, 4) is 11.5 Å². The topological polar surface area (TPSA) is 73.1 Å². The lowest BCUT2D eigenvalue weighted by atomic mass is 10.2. The van der Waals surface area contributed by atoms with Crippen LogP contribution in [0.4, 0.5) is 0 Å². The molecule has 1 N–H and O–H groups in total. The van der Waals surface area contributed by atoms with Gasteiger partial charge in [-0.3, -0.25) is 4.79 Å². The fourth-order valence-electron chi connectivity index (χ4n) is 3.18. The van der Waals surface area contributed by atoms with Gasteiger partial charge in [-0.25, -0.2) is 5.43 Å². The number of hydrogen-bond donors (Lipinski definition) is 1. The summed E-state index contributed by atoms with van der Waals surface area (Å²) in [6.07, 6.45) is 1.52. The maximum Gasteiger partial charge on any atom is 0.307 e. The van der Waals surface area contributed by atoms with Gasteiger partial charge in [-0.05, 0) is 86.8 Å². The summed E-state index contributed by atoms with van der Waals surface area (Å²) in [7, 11) is 0. The van der Waals surface area contributed by atoms with Crippen LogP contribution in [0.15, 0.2) is 77.5 Å². The van der Waals surface area contributed by atoms with Crippen LogP contribution in [0.25, 0.3) is 11.0 Å². The molecule has 0 saturated carbocycles. The third-order valence-electron chi connectivity index (χ3n) is 4.80. The highest BCUT2D eigenvalue weighted by molar-refractivity contribution is 9.11. The summed E-state index contributed by atoms with van der Waals surface area (Å²) in [6.45, 7) is 2.71. The van der Waals surface area contributed by atoms with E-state index in [9.17, 15) is 4.79 Å². The molecule has 0 saturated heterocycles. The Balaban J connectivity index is 1.47. The lowest BCUT2D eigenvalue weighted by molar-refractivity contribution is 0.0929. The Bertz CT molecular complexity index is 1400. The fourth-order valence-corrected chi connectivity index (χ4v) is 5.07. The maximum absolute atomic E-state index is 12.5. The second-order valence-corrected chi connectivity index (χ2v) is 10.3. The molecule has 180 valence electrons. The van der Waals surface area contributed by atoms with E-state index in [4.69, 9.17) is 25.5 Å². The minimum Gasteiger partial charge on any atom is -0.490 e. The predicted octanol–water partition coefficient (Wildman–Crippen LogP) is 8.12. The smallest absolute Gasteiger partial charge is 0.307 e. The summed E-state index contributed by atoms with van der Waals surface area (Å²) in [5, 5.41) is 5.54. The van der Waals surface area contributed by atoms with Crippen LogP contribution in [0, 0.1) is 0 Å². The molecule has 35 heavy (non-hydrogen) atoms. The minimum absolute atomic E-state index is 0.149. The summed E-state index contributed by atoms with van der Waals surface area (Å²) in [4.78, 5) is 12.5. The van der Waals surface area contributed by atoms with Gasteiger partial charge in [0.15, 0.2) is 17.3 Å². The van der Waals surface area contributed by atoms with E-state index >= 15 is 0 Å². The summed E-state index contributed by atoms with van der Waals surface area (Å²) in [5.74, 6) is 0.819. The van der Waals surface area contributed by atoms with Gasteiger partial charge in [-0.15, -0.1) is 0 Å². The van der Waals surface area contributed by atoms with Crippen LogP contribution in [0.1, 0.15) is 28.6 Å². The molecule has 0 spiro atoms. The number of halogens is 4. The van der Waals surface area contributed by atoms with Crippen molar-refractivity contribution in [2.24, 2.45) is 5.10 Å². The molecule has 1 amide bonds. The van der Waals surface area contributed by atoms with Crippen LogP contribution >= 0.6 is 59.4 Å². The number of fused-ring (bicyclic) bond motifs is 1. The predicted molar refractivity (Wildman–Crippen MR) is 148 cm³/mol. The van der Waals surface area contributed by atoms with Crippen LogP contribution in [0.2, 0.25) is 5.02 Å². The zero-order chi connectivity index (χ0) is 24.9. The van der Waals surface area contributed by atoms with Crippen molar-refractivity contribution in [1.29, 1.82) is 0 Å². The zero-order valence-corrected chi connectivity index (χ0v) is 23.8. The van der Waals surface area contributed by atoms with Gasteiger partial charge >= 0.3 is 5.91 Å². The normalized spacial score (nSPS) is 11.2. The van der Waals surface area contributed by atoms with Gasteiger partial charge in [0.25, 0.3) is 0 Å². The van der Waals surface area contributed by atoms with Crippen molar-refractivity contribution in [1.82, 2.24) is 5.43 Å². The molecule has 0 aliphatic rings. The second-order valence-electron chi connectivity index (χ2n) is 7.28. The van der Waals surface area contributed by atoms with Crippen LogP contribution in [0.3, 0.4) is 0 Å². The number of amides is 1. The molecular weight excluding hydrogens is 667 g/mol. The molecule has 0 aliphatic carbocycles. The van der Waals surface area contributed by atoms with Crippen LogP contribution < -0.4 is 14.9 Å². The Morgan fingerprint density at radius 1 is 1.03 bits per heavy atom. The van der Waals surface area contributed by atoms with E-state index in [1.54, 1.807) is 18.2 Å². The molecule has 0 fully saturated rings. The highest BCUT2D eigenvalue weighted by Crippen LogP contribution is 2.34. The second kappa shape index (κ2) is 11.6. The molecule has 4 rings (SSSR count). The number of nitrogens with zero attached hydrogens (tertiary/aromatic N) is 1. The van der Waals surface area contributed by atoms with Gasteiger partial charge in [0, 0.05) is 24.9 Å². The van der Waals surface area contributed by atoms with Crippen LogP contribution in [-0.4, -0.2) is 18.7 Å². The summed E-state index contributed by atoms with van der Waals surface area (Å²) >= 11 is 16.3. The number of nitrogens with one attached hydrogen (secondary N) is 1. The van der Waals surface area contributed by atoms with E-state index in [0.717, 1.165) is 24.4 Å². The fraction of sp³-hybridized carbons (Fsp3) is 0.120. The largest absolute Gasteiger partial charge is 0.490 e. The monoisotopic (exact) mass is 682 g/mol. The van der Waals surface area contributed by atoms with Crippen molar-refractivity contribution >= 4 is 82.5 Å². The van der Waals surface area contributed by atoms with Crippen LogP contribution in [0.5, 0.6) is 11.5 Å². The standard InChI is InChI=1S/C25H18Br3ClN2O4/c1-2-33-21-9-16(19(27)11-22(21)34-13-14-3-5-18(29)6-4-14)12-30-31-25(32)23-8-15-7-17(26)10-20(28)24(15)35-23/h3-12H,2,13H2,1H3,(H,31,32)/b30-12-. The average Bonchev–Trinajstić information content (AvgIpc) is 3.25. The Morgan fingerprint density at radius 3 is 2.51 bits per heavy atom. The molecule has 1 aromatic heterocycles. The maximum atomic E-state index is 12.5. The van der Waals surface area contributed by atoms with Gasteiger partial charge in [0.2, 0.25) is 0 Å². The third kappa shape index (κ3) is 6.46. The summed E-state index contributed by atoms with van der Waals surface area (Å²) in [6, 6.07) is 16.4.